The van der Waals surface area contributed by atoms with Crippen LogP contribution in [0.15, 0.2) is 84.9 Å². The van der Waals surface area contributed by atoms with Crippen LogP contribution in [-0.2, 0) is 16.0 Å². The molecule has 0 radical (unpaired) electrons. The number of para-hydroxylation sites is 1. The van der Waals surface area contributed by atoms with Gasteiger partial charge in [0.1, 0.15) is 0 Å². The van der Waals surface area contributed by atoms with Gasteiger partial charge in [0.15, 0.2) is 0 Å². The standard InChI is InChI=1S/C29H31N3O2/c33-27(16-15-25-21-24-13-7-8-14-26(24)30-29(25)34)31-17-19-32(20-18-31)28(22-9-3-1-4-10-22)23-11-5-2-6-12-23/h1-14,25,28H,15-21H2,(H,30,34). The fourth-order valence-corrected chi connectivity index (χ4v) is 5.22. The Morgan fingerprint density at radius 1 is 0.824 bits per heavy atom. The Hall–Kier alpha value is -3.44. The molecule has 0 spiro atoms. The number of rotatable bonds is 6. The number of hydrogen-bond acceptors (Lipinski definition) is 3. The molecule has 34 heavy (non-hydrogen) atoms. The van der Waals surface area contributed by atoms with Gasteiger partial charge in [0.2, 0.25) is 11.8 Å². The smallest absolute Gasteiger partial charge is 0.227 e. The van der Waals surface area contributed by atoms with Crippen LogP contribution in [0.2, 0.25) is 0 Å². The Labute approximate surface area is 201 Å². The van der Waals surface area contributed by atoms with Gasteiger partial charge in [0.25, 0.3) is 0 Å². The van der Waals surface area contributed by atoms with Gasteiger partial charge in [-0.05, 0) is 35.6 Å². The van der Waals surface area contributed by atoms with E-state index in [4.69, 9.17) is 0 Å². The average molecular weight is 454 g/mol. The number of amides is 2. The molecule has 3 aromatic rings. The summed E-state index contributed by atoms with van der Waals surface area (Å²) in [6.07, 6.45) is 1.72. The lowest BCUT2D eigenvalue weighted by atomic mass is 9.89. The van der Waals surface area contributed by atoms with Crippen molar-refractivity contribution >= 4 is 17.5 Å². The second-order valence-electron chi connectivity index (χ2n) is 9.23. The molecule has 1 atom stereocenters. The van der Waals surface area contributed by atoms with Gasteiger partial charge in [-0.15, -0.1) is 0 Å². The van der Waals surface area contributed by atoms with Crippen LogP contribution in [-0.4, -0.2) is 47.8 Å². The largest absolute Gasteiger partial charge is 0.340 e. The van der Waals surface area contributed by atoms with E-state index in [1.807, 2.05) is 35.2 Å². The molecule has 1 N–H and O–H groups in total. The summed E-state index contributed by atoms with van der Waals surface area (Å²) >= 11 is 0. The summed E-state index contributed by atoms with van der Waals surface area (Å²) in [7, 11) is 0. The zero-order valence-electron chi connectivity index (χ0n) is 19.4. The molecular formula is C29H31N3O2. The summed E-state index contributed by atoms with van der Waals surface area (Å²) in [6.45, 7) is 3.10. The van der Waals surface area contributed by atoms with Gasteiger partial charge in [-0.25, -0.2) is 0 Å². The molecule has 2 amide bonds. The Morgan fingerprint density at radius 2 is 1.41 bits per heavy atom. The van der Waals surface area contributed by atoms with Crippen LogP contribution in [0.3, 0.4) is 0 Å². The Bertz CT molecular complexity index is 1080. The third kappa shape index (κ3) is 4.90. The summed E-state index contributed by atoms with van der Waals surface area (Å²) in [4.78, 5) is 29.9. The van der Waals surface area contributed by atoms with Crippen molar-refractivity contribution in [3.63, 3.8) is 0 Å². The Morgan fingerprint density at radius 3 is 2.06 bits per heavy atom. The van der Waals surface area contributed by atoms with Crippen LogP contribution < -0.4 is 5.32 Å². The van der Waals surface area contributed by atoms with Crippen molar-refractivity contribution in [2.24, 2.45) is 5.92 Å². The van der Waals surface area contributed by atoms with Crippen molar-refractivity contribution in [1.82, 2.24) is 9.80 Å². The summed E-state index contributed by atoms with van der Waals surface area (Å²) in [6, 6.07) is 29.3. The lowest BCUT2D eigenvalue weighted by molar-refractivity contribution is -0.133. The van der Waals surface area contributed by atoms with Crippen LogP contribution >= 0.6 is 0 Å². The van der Waals surface area contributed by atoms with E-state index in [9.17, 15) is 9.59 Å². The fraction of sp³-hybridized carbons (Fsp3) is 0.310. The maximum absolute atomic E-state index is 13.0. The number of nitrogens with one attached hydrogen (secondary N) is 1. The molecule has 174 valence electrons. The van der Waals surface area contributed by atoms with E-state index in [0.29, 0.717) is 32.4 Å². The predicted octanol–water partition coefficient (Wildman–Crippen LogP) is 4.51. The van der Waals surface area contributed by atoms with E-state index in [1.165, 1.54) is 11.1 Å². The molecule has 2 aliphatic heterocycles. The predicted molar refractivity (Wildman–Crippen MR) is 134 cm³/mol. The molecule has 5 rings (SSSR count). The zero-order valence-corrected chi connectivity index (χ0v) is 19.4. The number of fused-ring (bicyclic) bond motifs is 1. The zero-order chi connectivity index (χ0) is 23.3. The number of benzene rings is 3. The molecule has 0 aliphatic carbocycles. The quantitative estimate of drug-likeness (QED) is 0.597. The first-order valence-corrected chi connectivity index (χ1v) is 12.2. The van der Waals surface area contributed by atoms with Crippen molar-refractivity contribution in [3.8, 4) is 0 Å². The topological polar surface area (TPSA) is 52.7 Å². The number of anilines is 1. The molecule has 3 aromatic carbocycles. The number of nitrogens with zero attached hydrogens (tertiary/aromatic N) is 2. The molecule has 5 heteroatoms. The molecule has 1 unspecified atom stereocenters. The van der Waals surface area contributed by atoms with E-state index in [-0.39, 0.29) is 23.8 Å². The monoisotopic (exact) mass is 453 g/mol. The highest BCUT2D eigenvalue weighted by Gasteiger charge is 2.30. The summed E-state index contributed by atoms with van der Waals surface area (Å²) in [5.74, 6) is 0.0489. The van der Waals surface area contributed by atoms with Gasteiger partial charge in [-0.1, -0.05) is 78.9 Å². The highest BCUT2D eigenvalue weighted by molar-refractivity contribution is 5.96. The molecule has 0 aromatic heterocycles. The first-order valence-electron chi connectivity index (χ1n) is 12.2. The van der Waals surface area contributed by atoms with Crippen LogP contribution in [0, 0.1) is 5.92 Å². The van der Waals surface area contributed by atoms with Crippen molar-refractivity contribution in [3.05, 3.63) is 102 Å². The van der Waals surface area contributed by atoms with Gasteiger partial charge in [-0.2, -0.15) is 0 Å². The van der Waals surface area contributed by atoms with Crippen molar-refractivity contribution < 1.29 is 9.59 Å². The lowest BCUT2D eigenvalue weighted by Crippen LogP contribution is -2.50. The minimum absolute atomic E-state index is 0.0323. The van der Waals surface area contributed by atoms with E-state index >= 15 is 0 Å². The number of piperazine rings is 1. The number of carbonyl (C=O) groups excluding carboxylic acids is 2. The van der Waals surface area contributed by atoms with Crippen molar-refractivity contribution in [2.75, 3.05) is 31.5 Å². The van der Waals surface area contributed by atoms with Crippen molar-refractivity contribution in [2.45, 2.75) is 25.3 Å². The molecule has 2 heterocycles. The Balaban J connectivity index is 1.18. The molecule has 5 nitrogen and oxygen atoms in total. The number of hydrogen-bond donors (Lipinski definition) is 1. The summed E-state index contributed by atoms with van der Waals surface area (Å²) < 4.78 is 0. The first kappa shape index (κ1) is 22.4. The fourth-order valence-electron chi connectivity index (χ4n) is 5.22. The molecular weight excluding hydrogens is 422 g/mol. The maximum atomic E-state index is 13.0. The van der Waals surface area contributed by atoms with E-state index in [0.717, 1.165) is 24.3 Å². The van der Waals surface area contributed by atoms with Crippen LogP contribution in [0.4, 0.5) is 5.69 Å². The van der Waals surface area contributed by atoms with Crippen LogP contribution in [0.1, 0.15) is 35.6 Å². The van der Waals surface area contributed by atoms with Crippen LogP contribution in [0.5, 0.6) is 0 Å². The highest BCUT2D eigenvalue weighted by atomic mass is 16.2. The normalized spacial score (nSPS) is 18.4. The van der Waals surface area contributed by atoms with E-state index < -0.39 is 0 Å². The van der Waals surface area contributed by atoms with Gasteiger partial charge in [0.05, 0.1) is 6.04 Å². The average Bonchev–Trinajstić information content (AvgIpc) is 2.89. The highest BCUT2D eigenvalue weighted by Crippen LogP contribution is 2.30. The SMILES string of the molecule is O=C1Nc2ccccc2CC1CCC(=O)N1CCN(C(c2ccccc2)c2ccccc2)CC1. The second-order valence-corrected chi connectivity index (χ2v) is 9.23. The lowest BCUT2D eigenvalue weighted by Gasteiger charge is -2.40. The molecule has 1 fully saturated rings. The molecule has 2 aliphatic rings. The van der Waals surface area contributed by atoms with E-state index in [1.54, 1.807) is 0 Å². The molecule has 1 saturated heterocycles. The van der Waals surface area contributed by atoms with Gasteiger partial charge < -0.3 is 10.2 Å². The Kier molecular flexibility index (Phi) is 6.72. The first-order chi connectivity index (χ1) is 16.7. The minimum Gasteiger partial charge on any atom is -0.340 e. The van der Waals surface area contributed by atoms with Crippen molar-refractivity contribution in [1.29, 1.82) is 0 Å². The summed E-state index contributed by atoms with van der Waals surface area (Å²) in [5, 5.41) is 2.99. The molecule has 0 saturated carbocycles. The maximum Gasteiger partial charge on any atom is 0.227 e. The van der Waals surface area contributed by atoms with Gasteiger partial charge >= 0.3 is 0 Å². The van der Waals surface area contributed by atoms with Gasteiger partial charge in [0, 0.05) is 44.2 Å². The summed E-state index contributed by atoms with van der Waals surface area (Å²) in [5.41, 5.74) is 4.60. The number of carbonyl (C=O) groups is 2. The third-order valence-electron chi connectivity index (χ3n) is 7.08. The van der Waals surface area contributed by atoms with Gasteiger partial charge in [-0.3, -0.25) is 14.5 Å². The molecule has 0 bridgehead atoms. The van der Waals surface area contributed by atoms with Crippen LogP contribution in [0.25, 0.3) is 0 Å². The third-order valence-corrected chi connectivity index (χ3v) is 7.08. The van der Waals surface area contributed by atoms with E-state index in [2.05, 4.69) is 64.8 Å². The second kappa shape index (κ2) is 10.2. The minimum atomic E-state index is -0.138.